The van der Waals surface area contributed by atoms with Gasteiger partial charge in [-0.3, -0.25) is 0 Å². The van der Waals surface area contributed by atoms with Gasteiger partial charge >= 0.3 is 0 Å². The fraction of sp³-hybridized carbons (Fsp3) is 0.625. The van der Waals surface area contributed by atoms with E-state index in [1.54, 1.807) is 0 Å². The predicted molar refractivity (Wildman–Crippen MR) is 73.0 cm³/mol. The van der Waals surface area contributed by atoms with Crippen molar-refractivity contribution < 1.29 is 13.2 Å². The zero-order chi connectivity index (χ0) is 14.7. The molecule has 1 unspecified atom stereocenters. The van der Waals surface area contributed by atoms with Crippen molar-refractivity contribution in [3.63, 3.8) is 0 Å². The molecule has 4 heteroatoms. The molecule has 0 amide bonds. The first-order valence-corrected chi connectivity index (χ1v) is 7.15. The van der Waals surface area contributed by atoms with Crippen LogP contribution in [-0.2, 0) is 0 Å². The smallest absolute Gasteiger partial charge is 0.194 e. The van der Waals surface area contributed by atoms with E-state index in [0.717, 1.165) is 25.0 Å². The summed E-state index contributed by atoms with van der Waals surface area (Å²) >= 11 is 0. The lowest BCUT2D eigenvalue weighted by Gasteiger charge is -2.43. The van der Waals surface area contributed by atoms with Crippen LogP contribution in [0.4, 0.5) is 18.9 Å². The van der Waals surface area contributed by atoms with E-state index in [-0.39, 0.29) is 16.9 Å². The number of halogens is 3. The third-order valence-electron chi connectivity index (χ3n) is 5.56. The van der Waals surface area contributed by atoms with E-state index in [1.165, 1.54) is 6.42 Å². The third kappa shape index (κ3) is 1.84. The fourth-order valence-corrected chi connectivity index (χ4v) is 4.47. The molecule has 1 N–H and O–H groups in total. The van der Waals surface area contributed by atoms with Gasteiger partial charge in [0.1, 0.15) is 0 Å². The van der Waals surface area contributed by atoms with Gasteiger partial charge in [-0.1, -0.05) is 20.8 Å². The molecule has 3 rings (SSSR count). The van der Waals surface area contributed by atoms with E-state index in [1.807, 2.05) is 0 Å². The molecule has 3 atom stereocenters. The van der Waals surface area contributed by atoms with Gasteiger partial charge in [0.15, 0.2) is 17.5 Å². The van der Waals surface area contributed by atoms with Gasteiger partial charge in [0.05, 0.1) is 0 Å². The highest BCUT2D eigenvalue weighted by atomic mass is 19.2. The van der Waals surface area contributed by atoms with Crippen molar-refractivity contribution in [1.82, 2.24) is 0 Å². The van der Waals surface area contributed by atoms with Crippen molar-refractivity contribution in [3.8, 4) is 0 Å². The van der Waals surface area contributed by atoms with Crippen LogP contribution < -0.4 is 5.32 Å². The van der Waals surface area contributed by atoms with Gasteiger partial charge in [0.25, 0.3) is 0 Å². The molecule has 2 saturated carbocycles. The number of rotatable bonds is 2. The molecule has 1 nitrogen and oxygen atoms in total. The van der Waals surface area contributed by atoms with Crippen LogP contribution in [0.2, 0.25) is 0 Å². The van der Waals surface area contributed by atoms with Crippen LogP contribution in [-0.4, -0.2) is 6.04 Å². The standard InChI is InChI=1S/C16H20F3N/c1-15(2)9-4-5-16(3,8-9)14(15)20-10-6-11(17)13(19)12(18)7-10/h6-7,9,14,20H,4-5,8H2,1-3H3/t9-,14?,16+/m0/s1. The molecule has 20 heavy (non-hydrogen) atoms. The van der Waals surface area contributed by atoms with Gasteiger partial charge in [-0.25, -0.2) is 13.2 Å². The number of hydrogen-bond acceptors (Lipinski definition) is 1. The zero-order valence-corrected chi connectivity index (χ0v) is 12.1. The predicted octanol–water partition coefficient (Wildman–Crippen LogP) is 4.73. The second-order valence-corrected chi connectivity index (χ2v) is 7.25. The van der Waals surface area contributed by atoms with Gasteiger partial charge < -0.3 is 5.32 Å². The summed E-state index contributed by atoms with van der Waals surface area (Å²) in [6.45, 7) is 6.64. The SMILES string of the molecule is CC1(C)C(Nc2cc(F)c(F)c(F)c2)[C@]2(C)CC[C@H]1C2. The summed E-state index contributed by atoms with van der Waals surface area (Å²) in [5.41, 5.74) is 0.553. The Morgan fingerprint density at radius 3 is 2.20 bits per heavy atom. The highest BCUT2D eigenvalue weighted by molar-refractivity contribution is 5.47. The molecular formula is C16H20F3N. The Balaban J connectivity index is 1.91. The van der Waals surface area contributed by atoms with Gasteiger partial charge in [-0.2, -0.15) is 0 Å². The van der Waals surface area contributed by atoms with Crippen LogP contribution in [0, 0.1) is 34.2 Å². The third-order valence-corrected chi connectivity index (χ3v) is 5.56. The molecule has 2 aliphatic rings. The highest BCUT2D eigenvalue weighted by Crippen LogP contribution is 2.63. The molecule has 2 fully saturated rings. The van der Waals surface area contributed by atoms with Crippen LogP contribution >= 0.6 is 0 Å². The lowest BCUT2D eigenvalue weighted by molar-refractivity contribution is 0.155. The van der Waals surface area contributed by atoms with Crippen LogP contribution in [0.15, 0.2) is 12.1 Å². The largest absolute Gasteiger partial charge is 0.381 e. The maximum atomic E-state index is 13.3. The minimum atomic E-state index is -1.41. The summed E-state index contributed by atoms with van der Waals surface area (Å²) < 4.78 is 39.7. The summed E-state index contributed by atoms with van der Waals surface area (Å²) in [7, 11) is 0. The van der Waals surface area contributed by atoms with Gasteiger partial charge in [-0.15, -0.1) is 0 Å². The second-order valence-electron chi connectivity index (χ2n) is 7.25. The molecular weight excluding hydrogens is 263 g/mol. The van der Waals surface area contributed by atoms with E-state index >= 15 is 0 Å². The fourth-order valence-electron chi connectivity index (χ4n) is 4.47. The van der Waals surface area contributed by atoms with Gasteiger partial charge in [0.2, 0.25) is 0 Å². The van der Waals surface area contributed by atoms with Crippen molar-refractivity contribution in [2.75, 3.05) is 5.32 Å². The van der Waals surface area contributed by atoms with Crippen LogP contribution in [0.25, 0.3) is 0 Å². The first-order valence-electron chi connectivity index (χ1n) is 7.15. The lowest BCUT2D eigenvalue weighted by atomic mass is 9.68. The highest BCUT2D eigenvalue weighted by Gasteiger charge is 2.59. The van der Waals surface area contributed by atoms with Crippen molar-refractivity contribution in [2.24, 2.45) is 16.7 Å². The normalized spacial score (nSPS) is 34.5. The van der Waals surface area contributed by atoms with Crippen molar-refractivity contribution in [3.05, 3.63) is 29.6 Å². The van der Waals surface area contributed by atoms with Crippen molar-refractivity contribution >= 4 is 5.69 Å². The molecule has 0 radical (unpaired) electrons. The second kappa shape index (κ2) is 4.15. The minimum absolute atomic E-state index is 0.0777. The van der Waals surface area contributed by atoms with E-state index in [2.05, 4.69) is 26.1 Å². The molecule has 0 heterocycles. The number of anilines is 1. The van der Waals surface area contributed by atoms with E-state index in [9.17, 15) is 13.2 Å². The first kappa shape index (κ1) is 13.8. The maximum Gasteiger partial charge on any atom is 0.194 e. The molecule has 0 saturated heterocycles. The molecule has 0 spiro atoms. The molecule has 1 aromatic rings. The summed E-state index contributed by atoms with van der Waals surface area (Å²) in [4.78, 5) is 0. The van der Waals surface area contributed by atoms with Gasteiger partial charge in [0, 0.05) is 23.9 Å². The van der Waals surface area contributed by atoms with Crippen molar-refractivity contribution in [1.29, 1.82) is 0 Å². The van der Waals surface area contributed by atoms with E-state index in [4.69, 9.17) is 0 Å². The molecule has 1 aromatic carbocycles. The molecule has 2 bridgehead atoms. The average molecular weight is 283 g/mol. The van der Waals surface area contributed by atoms with Crippen molar-refractivity contribution in [2.45, 2.75) is 46.1 Å². The monoisotopic (exact) mass is 283 g/mol. The average Bonchev–Trinajstić information content (AvgIpc) is 2.83. The Kier molecular flexibility index (Phi) is 2.86. The van der Waals surface area contributed by atoms with Crippen LogP contribution in [0.1, 0.15) is 40.0 Å². The quantitative estimate of drug-likeness (QED) is 0.774. The zero-order valence-electron chi connectivity index (χ0n) is 12.1. The molecule has 0 aliphatic heterocycles. The molecule has 0 aromatic heterocycles. The summed E-state index contributed by atoms with van der Waals surface area (Å²) in [5.74, 6) is -3.05. The number of benzene rings is 1. The number of fused-ring (bicyclic) bond motifs is 2. The maximum absolute atomic E-state index is 13.3. The Morgan fingerprint density at radius 2 is 1.70 bits per heavy atom. The Bertz CT molecular complexity index is 527. The van der Waals surface area contributed by atoms with E-state index < -0.39 is 17.5 Å². The first-order chi connectivity index (χ1) is 9.24. The summed E-state index contributed by atoms with van der Waals surface area (Å²) in [6, 6.07) is 2.24. The number of hydrogen-bond donors (Lipinski definition) is 1. The topological polar surface area (TPSA) is 12.0 Å². The Morgan fingerprint density at radius 1 is 1.10 bits per heavy atom. The van der Waals surface area contributed by atoms with Gasteiger partial charge in [-0.05, 0) is 36.0 Å². The molecule has 110 valence electrons. The number of nitrogens with one attached hydrogen (secondary N) is 1. The summed E-state index contributed by atoms with van der Waals surface area (Å²) in [6.07, 6.45) is 3.49. The van der Waals surface area contributed by atoms with Crippen LogP contribution in [0.5, 0.6) is 0 Å². The Hall–Kier alpha value is -1.19. The Labute approximate surface area is 117 Å². The van der Waals surface area contributed by atoms with Crippen LogP contribution in [0.3, 0.4) is 0 Å². The van der Waals surface area contributed by atoms with E-state index in [0.29, 0.717) is 11.6 Å². The summed E-state index contributed by atoms with van der Waals surface area (Å²) in [5, 5.41) is 3.27. The molecule has 2 aliphatic carbocycles. The minimum Gasteiger partial charge on any atom is -0.381 e. The lowest BCUT2D eigenvalue weighted by Crippen LogP contribution is -2.45.